The molecule has 0 heterocycles. The van der Waals surface area contributed by atoms with E-state index in [-0.39, 0.29) is 0 Å². The predicted molar refractivity (Wildman–Crippen MR) is 78.9 cm³/mol. The van der Waals surface area contributed by atoms with E-state index in [1.165, 1.54) is 42.1 Å². The topological polar surface area (TPSA) is 0 Å². The molecule has 96 valence electrons. The normalized spacial score (nSPS) is 41.3. The first-order valence-electron chi connectivity index (χ1n) is 7.15. The Morgan fingerprint density at radius 3 is 2.17 bits per heavy atom. The van der Waals surface area contributed by atoms with Gasteiger partial charge in [0, 0.05) is 9.50 Å². The first-order chi connectivity index (χ1) is 8.70. The third-order valence-corrected chi connectivity index (χ3v) is 6.50. The second-order valence-corrected chi connectivity index (χ2v) is 7.91. The lowest BCUT2D eigenvalue weighted by molar-refractivity contribution is -0.00300. The monoisotopic (exact) mass is 324 g/mol. The Morgan fingerprint density at radius 2 is 1.56 bits per heavy atom. The highest BCUT2D eigenvalue weighted by atomic mass is 79.9. The standard InChI is InChI=1S/C16H18BrCl/c17-15-2-1-13(18)8-14(15)16-11-4-9-3-10(6-11)7-12(16)5-9/h1-2,8-12,16H,3-7H2. The third-order valence-electron chi connectivity index (χ3n) is 5.54. The molecule has 2 heteroatoms. The Hall–Kier alpha value is -0.0100. The molecule has 4 saturated carbocycles. The molecule has 1 aromatic carbocycles. The largest absolute Gasteiger partial charge is 0.0843 e. The maximum atomic E-state index is 6.21. The second kappa shape index (κ2) is 4.24. The molecule has 4 bridgehead atoms. The molecule has 4 aliphatic rings. The average Bonchev–Trinajstić information content (AvgIpc) is 2.32. The first-order valence-corrected chi connectivity index (χ1v) is 8.32. The maximum absolute atomic E-state index is 6.21. The van der Waals surface area contributed by atoms with Crippen molar-refractivity contribution in [3.05, 3.63) is 33.3 Å². The van der Waals surface area contributed by atoms with Gasteiger partial charge in [0.15, 0.2) is 0 Å². The van der Waals surface area contributed by atoms with Crippen molar-refractivity contribution >= 4 is 27.5 Å². The van der Waals surface area contributed by atoms with E-state index in [4.69, 9.17) is 11.6 Å². The van der Waals surface area contributed by atoms with Crippen molar-refractivity contribution in [2.45, 2.75) is 38.0 Å². The van der Waals surface area contributed by atoms with E-state index >= 15 is 0 Å². The van der Waals surface area contributed by atoms with Crippen molar-refractivity contribution in [3.63, 3.8) is 0 Å². The number of rotatable bonds is 1. The quantitative estimate of drug-likeness (QED) is 0.626. The summed E-state index contributed by atoms with van der Waals surface area (Å²) < 4.78 is 1.27. The summed E-state index contributed by atoms with van der Waals surface area (Å²) in [5.41, 5.74) is 1.48. The number of benzene rings is 1. The molecular formula is C16H18BrCl. The van der Waals surface area contributed by atoms with Crippen molar-refractivity contribution in [2.24, 2.45) is 23.7 Å². The van der Waals surface area contributed by atoms with Crippen LogP contribution in [0.25, 0.3) is 0 Å². The summed E-state index contributed by atoms with van der Waals surface area (Å²) in [6, 6.07) is 6.33. The van der Waals surface area contributed by atoms with Gasteiger partial charge in [-0.2, -0.15) is 0 Å². The maximum Gasteiger partial charge on any atom is 0.0409 e. The summed E-state index contributed by atoms with van der Waals surface area (Å²) in [5.74, 6) is 4.71. The molecule has 0 N–H and O–H groups in total. The van der Waals surface area contributed by atoms with Gasteiger partial charge in [-0.25, -0.2) is 0 Å². The molecular weight excluding hydrogens is 308 g/mol. The first kappa shape index (κ1) is 11.8. The van der Waals surface area contributed by atoms with Crippen molar-refractivity contribution < 1.29 is 0 Å². The molecule has 1 aromatic rings. The van der Waals surface area contributed by atoms with Gasteiger partial charge in [-0.15, -0.1) is 0 Å². The average molecular weight is 326 g/mol. The summed E-state index contributed by atoms with van der Waals surface area (Å²) in [4.78, 5) is 0. The van der Waals surface area contributed by atoms with Crippen LogP contribution in [-0.2, 0) is 0 Å². The minimum absolute atomic E-state index is 0.769. The lowest BCUT2D eigenvalue weighted by atomic mass is 9.51. The highest BCUT2D eigenvalue weighted by Gasteiger charge is 2.48. The highest BCUT2D eigenvalue weighted by Crippen LogP contribution is 2.60. The predicted octanol–water partition coefficient (Wildman–Crippen LogP) is 5.64. The summed E-state index contributed by atoms with van der Waals surface area (Å²) in [7, 11) is 0. The molecule has 0 aromatic heterocycles. The van der Waals surface area contributed by atoms with Gasteiger partial charge in [0.2, 0.25) is 0 Å². The zero-order valence-electron chi connectivity index (χ0n) is 10.4. The Morgan fingerprint density at radius 1 is 0.944 bits per heavy atom. The fraction of sp³-hybridized carbons (Fsp3) is 0.625. The van der Waals surface area contributed by atoms with Crippen LogP contribution in [0.5, 0.6) is 0 Å². The van der Waals surface area contributed by atoms with Crippen LogP contribution < -0.4 is 0 Å². The molecule has 18 heavy (non-hydrogen) atoms. The van der Waals surface area contributed by atoms with E-state index in [1.54, 1.807) is 0 Å². The third kappa shape index (κ3) is 1.78. The van der Waals surface area contributed by atoms with Crippen LogP contribution in [0, 0.1) is 23.7 Å². The summed E-state index contributed by atoms with van der Waals surface area (Å²) in [6.45, 7) is 0. The Kier molecular flexibility index (Phi) is 2.78. The Bertz CT molecular complexity index is 454. The lowest BCUT2D eigenvalue weighted by Crippen LogP contribution is -2.43. The van der Waals surface area contributed by atoms with E-state index in [0.29, 0.717) is 0 Å². The van der Waals surface area contributed by atoms with E-state index in [0.717, 1.165) is 34.6 Å². The fourth-order valence-electron chi connectivity index (χ4n) is 5.20. The Balaban J connectivity index is 1.74. The van der Waals surface area contributed by atoms with E-state index in [9.17, 15) is 0 Å². The molecule has 0 radical (unpaired) electrons. The molecule has 0 spiro atoms. The van der Waals surface area contributed by atoms with Crippen LogP contribution in [-0.4, -0.2) is 0 Å². The molecule has 0 unspecified atom stereocenters. The van der Waals surface area contributed by atoms with Gasteiger partial charge in [-0.1, -0.05) is 27.5 Å². The number of halogens is 2. The van der Waals surface area contributed by atoms with Crippen LogP contribution in [0.3, 0.4) is 0 Å². The van der Waals surface area contributed by atoms with Gasteiger partial charge in [0.1, 0.15) is 0 Å². The van der Waals surface area contributed by atoms with E-state index in [1.807, 2.05) is 6.07 Å². The van der Waals surface area contributed by atoms with Gasteiger partial charge in [0.05, 0.1) is 0 Å². The molecule has 0 nitrogen and oxygen atoms in total. The molecule has 0 aliphatic heterocycles. The van der Waals surface area contributed by atoms with Crippen molar-refractivity contribution in [1.82, 2.24) is 0 Å². The van der Waals surface area contributed by atoms with Crippen molar-refractivity contribution in [1.29, 1.82) is 0 Å². The van der Waals surface area contributed by atoms with Gasteiger partial charge in [-0.3, -0.25) is 0 Å². The zero-order chi connectivity index (χ0) is 12.3. The summed E-state index contributed by atoms with van der Waals surface area (Å²) in [6.07, 6.45) is 7.40. The molecule has 5 rings (SSSR count). The van der Waals surface area contributed by atoms with Gasteiger partial charge in [0.25, 0.3) is 0 Å². The van der Waals surface area contributed by atoms with Crippen LogP contribution in [0.2, 0.25) is 5.02 Å². The lowest BCUT2D eigenvalue weighted by Gasteiger charge is -2.54. The van der Waals surface area contributed by atoms with Gasteiger partial charge in [-0.05, 0) is 85.5 Å². The van der Waals surface area contributed by atoms with Crippen molar-refractivity contribution in [3.8, 4) is 0 Å². The van der Waals surface area contributed by atoms with Crippen LogP contribution >= 0.6 is 27.5 Å². The van der Waals surface area contributed by atoms with Crippen LogP contribution in [0.15, 0.2) is 22.7 Å². The van der Waals surface area contributed by atoms with Gasteiger partial charge >= 0.3 is 0 Å². The smallest absolute Gasteiger partial charge is 0.0409 e. The van der Waals surface area contributed by atoms with E-state index < -0.39 is 0 Å². The minimum Gasteiger partial charge on any atom is -0.0843 e. The summed E-state index contributed by atoms with van der Waals surface area (Å²) in [5, 5.41) is 0.891. The van der Waals surface area contributed by atoms with E-state index in [2.05, 4.69) is 28.1 Å². The molecule has 0 atom stereocenters. The molecule has 4 fully saturated rings. The minimum atomic E-state index is 0.769. The van der Waals surface area contributed by atoms with Gasteiger partial charge < -0.3 is 0 Å². The Labute approximate surface area is 122 Å². The summed E-state index contributed by atoms with van der Waals surface area (Å²) >= 11 is 9.95. The molecule has 0 amide bonds. The second-order valence-electron chi connectivity index (χ2n) is 6.62. The van der Waals surface area contributed by atoms with Crippen LogP contribution in [0.4, 0.5) is 0 Å². The molecule has 4 aliphatic carbocycles. The highest BCUT2D eigenvalue weighted by molar-refractivity contribution is 9.10. The van der Waals surface area contributed by atoms with Crippen LogP contribution in [0.1, 0.15) is 43.6 Å². The fourth-order valence-corrected chi connectivity index (χ4v) is 5.89. The number of hydrogen-bond acceptors (Lipinski definition) is 0. The SMILES string of the molecule is Clc1ccc(Br)c(C2C3CC4CC(C3)CC2C4)c1. The van der Waals surface area contributed by atoms with Crippen molar-refractivity contribution in [2.75, 3.05) is 0 Å². The number of hydrogen-bond donors (Lipinski definition) is 0. The molecule has 0 saturated heterocycles. The zero-order valence-corrected chi connectivity index (χ0v) is 12.8.